The van der Waals surface area contributed by atoms with Gasteiger partial charge in [-0.25, -0.2) is 5.01 Å². The van der Waals surface area contributed by atoms with E-state index in [9.17, 15) is 9.59 Å². The molecule has 0 radical (unpaired) electrons. The predicted octanol–water partition coefficient (Wildman–Crippen LogP) is 6.71. The Bertz CT molecular complexity index is 1550. The number of aliphatic carboxylic acids is 1. The van der Waals surface area contributed by atoms with Gasteiger partial charge in [-0.15, -0.1) is 0 Å². The number of carbonyl (C=O) groups is 2. The molecule has 2 heterocycles. The molecular weight excluding hydrogens is 486 g/mol. The van der Waals surface area contributed by atoms with Crippen molar-refractivity contribution in [2.45, 2.75) is 39.2 Å². The van der Waals surface area contributed by atoms with Crippen molar-refractivity contribution in [2.75, 3.05) is 0 Å². The number of nitrogens with zero attached hydrogens (tertiary/aromatic N) is 3. The smallest absolute Gasteiger partial charge is 0.303 e. The number of carbonyl (C=O) groups excluding carboxylic acids is 1. The van der Waals surface area contributed by atoms with Crippen LogP contribution >= 0.6 is 11.6 Å². The Morgan fingerprint density at radius 3 is 2.43 bits per heavy atom. The van der Waals surface area contributed by atoms with E-state index >= 15 is 0 Å². The van der Waals surface area contributed by atoms with Gasteiger partial charge in [-0.1, -0.05) is 66.2 Å². The predicted molar refractivity (Wildman–Crippen MR) is 146 cm³/mol. The van der Waals surface area contributed by atoms with E-state index in [2.05, 4.69) is 0 Å². The minimum Gasteiger partial charge on any atom is -0.481 e. The van der Waals surface area contributed by atoms with Crippen LogP contribution in [0.1, 0.15) is 47.7 Å². The molecule has 186 valence electrons. The van der Waals surface area contributed by atoms with Gasteiger partial charge < -0.3 is 5.11 Å². The third-order valence-corrected chi connectivity index (χ3v) is 6.98. The van der Waals surface area contributed by atoms with E-state index in [-0.39, 0.29) is 24.8 Å². The molecular formula is C30H26ClN3O3. The van der Waals surface area contributed by atoms with Crippen LogP contribution in [0.15, 0.2) is 77.9 Å². The first kappa shape index (κ1) is 24.7. The van der Waals surface area contributed by atoms with Crippen LogP contribution in [0.2, 0.25) is 5.02 Å². The van der Waals surface area contributed by atoms with Gasteiger partial charge in [0.05, 0.1) is 23.7 Å². The molecule has 7 heteroatoms. The average molecular weight is 512 g/mol. The first-order valence-electron chi connectivity index (χ1n) is 12.2. The lowest BCUT2D eigenvalue weighted by Gasteiger charge is -2.23. The summed E-state index contributed by atoms with van der Waals surface area (Å²) < 4.78 is 0. The number of hydrazone groups is 1. The van der Waals surface area contributed by atoms with Crippen molar-refractivity contribution >= 4 is 40.1 Å². The molecule has 0 saturated carbocycles. The summed E-state index contributed by atoms with van der Waals surface area (Å²) in [6.45, 7) is 3.96. The van der Waals surface area contributed by atoms with Crippen LogP contribution in [0.5, 0.6) is 0 Å². The van der Waals surface area contributed by atoms with Crippen LogP contribution < -0.4 is 0 Å². The van der Waals surface area contributed by atoms with Crippen LogP contribution in [0.4, 0.5) is 0 Å². The van der Waals surface area contributed by atoms with Gasteiger partial charge in [-0.3, -0.25) is 14.6 Å². The van der Waals surface area contributed by atoms with Crippen molar-refractivity contribution < 1.29 is 14.7 Å². The van der Waals surface area contributed by atoms with Crippen molar-refractivity contribution in [1.82, 2.24) is 9.99 Å². The van der Waals surface area contributed by atoms with Crippen LogP contribution in [-0.2, 0) is 9.59 Å². The first-order valence-corrected chi connectivity index (χ1v) is 12.5. The van der Waals surface area contributed by atoms with Gasteiger partial charge >= 0.3 is 5.97 Å². The lowest BCUT2D eigenvalue weighted by Crippen LogP contribution is -2.27. The summed E-state index contributed by atoms with van der Waals surface area (Å²) in [4.78, 5) is 29.3. The first-order chi connectivity index (χ1) is 17.8. The van der Waals surface area contributed by atoms with Gasteiger partial charge in [0.25, 0.3) is 0 Å². The number of fused-ring (bicyclic) bond motifs is 1. The SMILES string of the molecule is Cc1ccccc1C1CC(c2c(C)nc3ccc(Cl)cc3c2-c2ccccc2)=NN1C(=O)CCC(=O)O. The van der Waals surface area contributed by atoms with E-state index < -0.39 is 5.97 Å². The van der Waals surface area contributed by atoms with Gasteiger partial charge in [0, 0.05) is 40.1 Å². The average Bonchev–Trinajstić information content (AvgIpc) is 3.32. The Hall–Kier alpha value is -4.03. The molecule has 0 aliphatic carbocycles. The lowest BCUT2D eigenvalue weighted by atomic mass is 9.88. The normalized spacial score (nSPS) is 15.2. The Morgan fingerprint density at radius 2 is 1.70 bits per heavy atom. The topological polar surface area (TPSA) is 82.9 Å². The molecule has 3 aromatic carbocycles. The highest BCUT2D eigenvalue weighted by Gasteiger charge is 2.35. The molecule has 0 spiro atoms. The number of hydrogen-bond donors (Lipinski definition) is 1. The Labute approximate surface area is 220 Å². The molecule has 5 rings (SSSR count). The Morgan fingerprint density at radius 1 is 0.973 bits per heavy atom. The highest BCUT2D eigenvalue weighted by atomic mass is 35.5. The summed E-state index contributed by atoms with van der Waals surface area (Å²) in [5, 5.41) is 17.0. The van der Waals surface area contributed by atoms with Gasteiger partial charge in [0.1, 0.15) is 0 Å². The standard InChI is InChI=1S/C30H26ClN3O3/c1-18-8-6-7-11-22(18)26-17-25(33-34(26)27(35)14-15-28(36)37)29-19(2)32-24-13-12-21(31)16-23(24)30(29)20-9-4-3-5-10-20/h3-13,16,26H,14-15,17H2,1-2H3,(H,36,37). The van der Waals surface area contributed by atoms with Gasteiger partial charge in [-0.2, -0.15) is 5.10 Å². The highest BCUT2D eigenvalue weighted by molar-refractivity contribution is 6.31. The molecule has 1 aliphatic heterocycles. The molecule has 1 amide bonds. The molecule has 1 unspecified atom stereocenters. The molecule has 1 N–H and O–H groups in total. The fourth-order valence-corrected chi connectivity index (χ4v) is 5.21. The molecule has 1 aromatic heterocycles. The monoisotopic (exact) mass is 511 g/mol. The molecule has 37 heavy (non-hydrogen) atoms. The largest absolute Gasteiger partial charge is 0.481 e. The maximum Gasteiger partial charge on any atom is 0.303 e. The van der Waals surface area contributed by atoms with E-state index in [0.29, 0.717) is 11.4 Å². The van der Waals surface area contributed by atoms with Crippen LogP contribution in [-0.4, -0.2) is 32.7 Å². The van der Waals surface area contributed by atoms with E-state index in [1.54, 1.807) is 0 Å². The zero-order valence-electron chi connectivity index (χ0n) is 20.6. The summed E-state index contributed by atoms with van der Waals surface area (Å²) in [7, 11) is 0. The van der Waals surface area contributed by atoms with E-state index in [1.165, 1.54) is 5.01 Å². The molecule has 1 aliphatic rings. The number of rotatable bonds is 6. The van der Waals surface area contributed by atoms with E-state index in [4.69, 9.17) is 26.8 Å². The van der Waals surface area contributed by atoms with Gasteiger partial charge in [0.2, 0.25) is 5.91 Å². The quantitative estimate of drug-likeness (QED) is 0.311. The zero-order valence-corrected chi connectivity index (χ0v) is 21.4. The second-order valence-corrected chi connectivity index (χ2v) is 9.67. The summed E-state index contributed by atoms with van der Waals surface area (Å²) >= 11 is 6.42. The van der Waals surface area contributed by atoms with E-state index in [0.717, 1.165) is 50.1 Å². The molecule has 0 bridgehead atoms. The summed E-state index contributed by atoms with van der Waals surface area (Å²) in [6, 6.07) is 23.3. The minimum atomic E-state index is -1.01. The molecule has 4 aromatic rings. The number of carboxylic acid groups (broad SMARTS) is 1. The van der Waals surface area contributed by atoms with Crippen molar-refractivity contribution in [2.24, 2.45) is 5.10 Å². The summed E-state index contributed by atoms with van der Waals surface area (Å²) in [5.74, 6) is -1.33. The number of halogens is 1. The number of aryl methyl sites for hydroxylation is 2. The van der Waals surface area contributed by atoms with Crippen molar-refractivity contribution in [1.29, 1.82) is 0 Å². The fraction of sp³-hybridized carbons (Fsp3) is 0.200. The number of carboxylic acids is 1. The number of amides is 1. The second kappa shape index (κ2) is 10.1. The Balaban J connectivity index is 1.70. The summed E-state index contributed by atoms with van der Waals surface area (Å²) in [6.07, 6.45) is 0.119. The van der Waals surface area contributed by atoms with Crippen LogP contribution in [0.25, 0.3) is 22.0 Å². The molecule has 0 fully saturated rings. The van der Waals surface area contributed by atoms with Gasteiger partial charge in [0.15, 0.2) is 0 Å². The fourth-order valence-electron chi connectivity index (χ4n) is 5.04. The van der Waals surface area contributed by atoms with Crippen molar-refractivity contribution in [3.8, 4) is 11.1 Å². The van der Waals surface area contributed by atoms with Crippen molar-refractivity contribution in [3.05, 3.63) is 100 Å². The maximum atomic E-state index is 13.2. The Kier molecular flexibility index (Phi) is 6.76. The lowest BCUT2D eigenvalue weighted by molar-refractivity contribution is -0.141. The maximum absolute atomic E-state index is 13.2. The van der Waals surface area contributed by atoms with Crippen molar-refractivity contribution in [3.63, 3.8) is 0 Å². The zero-order chi connectivity index (χ0) is 26.1. The summed E-state index contributed by atoms with van der Waals surface area (Å²) in [5.41, 5.74) is 7.23. The number of benzene rings is 3. The highest BCUT2D eigenvalue weighted by Crippen LogP contribution is 2.40. The molecule has 6 nitrogen and oxygen atoms in total. The molecule has 1 atom stereocenters. The third-order valence-electron chi connectivity index (χ3n) is 6.75. The van der Waals surface area contributed by atoms with Crippen LogP contribution in [0.3, 0.4) is 0 Å². The van der Waals surface area contributed by atoms with Gasteiger partial charge in [-0.05, 0) is 48.7 Å². The number of pyridine rings is 1. The third kappa shape index (κ3) is 4.85. The van der Waals surface area contributed by atoms with Crippen LogP contribution in [0, 0.1) is 13.8 Å². The minimum absolute atomic E-state index is 0.120. The second-order valence-electron chi connectivity index (χ2n) is 9.23. The number of aromatic nitrogens is 1. The van der Waals surface area contributed by atoms with E-state index in [1.807, 2.05) is 86.6 Å². The number of hydrogen-bond acceptors (Lipinski definition) is 4. The molecule has 0 saturated heterocycles.